The summed E-state index contributed by atoms with van der Waals surface area (Å²) < 4.78 is 13.4. The van der Waals surface area contributed by atoms with Crippen LogP contribution in [0, 0.1) is 12.7 Å². The number of nitrogens with one attached hydrogen (secondary N) is 1. The third-order valence-electron chi connectivity index (χ3n) is 3.89. The van der Waals surface area contributed by atoms with Crippen LogP contribution in [0.5, 0.6) is 0 Å². The van der Waals surface area contributed by atoms with Crippen LogP contribution in [-0.2, 0) is 12.8 Å². The molecule has 2 heteroatoms. The van der Waals surface area contributed by atoms with Gasteiger partial charge in [0.2, 0.25) is 0 Å². The summed E-state index contributed by atoms with van der Waals surface area (Å²) in [6.45, 7) is 5.11. The van der Waals surface area contributed by atoms with Crippen LogP contribution in [0.2, 0.25) is 0 Å². The molecule has 2 rings (SSSR count). The lowest BCUT2D eigenvalue weighted by molar-refractivity contribution is 0.489. The molecule has 112 valence electrons. The van der Waals surface area contributed by atoms with Crippen LogP contribution in [0.15, 0.2) is 48.5 Å². The second-order valence-corrected chi connectivity index (χ2v) is 5.55. The molecule has 0 saturated carbocycles. The lowest BCUT2D eigenvalue weighted by Crippen LogP contribution is -2.31. The molecule has 0 heterocycles. The fraction of sp³-hybridized carbons (Fsp3) is 0.368. The van der Waals surface area contributed by atoms with Crippen LogP contribution < -0.4 is 5.32 Å². The number of likely N-dealkylation sites (N-methyl/N-ethyl adjacent to an activating group) is 1. The van der Waals surface area contributed by atoms with E-state index in [1.165, 1.54) is 17.2 Å². The number of benzene rings is 2. The molecule has 0 fully saturated rings. The summed E-state index contributed by atoms with van der Waals surface area (Å²) in [6, 6.07) is 16.0. The van der Waals surface area contributed by atoms with Gasteiger partial charge >= 0.3 is 0 Å². The average Bonchev–Trinajstić information content (AvgIpc) is 2.50. The van der Waals surface area contributed by atoms with Crippen molar-refractivity contribution in [3.8, 4) is 0 Å². The third-order valence-corrected chi connectivity index (χ3v) is 3.89. The second kappa shape index (κ2) is 7.94. The van der Waals surface area contributed by atoms with Crippen LogP contribution in [0.4, 0.5) is 4.39 Å². The topological polar surface area (TPSA) is 12.0 Å². The van der Waals surface area contributed by atoms with Gasteiger partial charge in [0.15, 0.2) is 0 Å². The lowest BCUT2D eigenvalue weighted by Gasteiger charge is -2.19. The van der Waals surface area contributed by atoms with E-state index in [0.29, 0.717) is 6.04 Å². The minimum absolute atomic E-state index is 0.145. The monoisotopic (exact) mass is 285 g/mol. The van der Waals surface area contributed by atoms with Gasteiger partial charge in [-0.15, -0.1) is 0 Å². The molecule has 0 saturated heterocycles. The average molecular weight is 285 g/mol. The maximum Gasteiger partial charge on any atom is 0.123 e. The van der Waals surface area contributed by atoms with Gasteiger partial charge in [0.05, 0.1) is 0 Å². The highest BCUT2D eigenvalue weighted by Crippen LogP contribution is 2.15. The van der Waals surface area contributed by atoms with Crippen molar-refractivity contribution in [2.75, 3.05) is 6.54 Å². The van der Waals surface area contributed by atoms with E-state index in [-0.39, 0.29) is 5.82 Å². The predicted molar refractivity (Wildman–Crippen MR) is 87.1 cm³/mol. The zero-order chi connectivity index (χ0) is 15.1. The SMILES string of the molecule is CCNC(CCc1ccccc1)Cc1cc(F)ccc1C. The summed E-state index contributed by atoms with van der Waals surface area (Å²) >= 11 is 0. The highest BCUT2D eigenvalue weighted by Gasteiger charge is 2.11. The quantitative estimate of drug-likeness (QED) is 0.800. The molecule has 0 radical (unpaired) electrons. The zero-order valence-electron chi connectivity index (χ0n) is 12.9. The largest absolute Gasteiger partial charge is 0.314 e. The van der Waals surface area contributed by atoms with Gasteiger partial charge in [-0.05, 0) is 61.6 Å². The molecule has 2 aromatic rings. The van der Waals surface area contributed by atoms with Crippen molar-refractivity contribution in [1.29, 1.82) is 0 Å². The van der Waals surface area contributed by atoms with Crippen molar-refractivity contribution in [3.63, 3.8) is 0 Å². The van der Waals surface area contributed by atoms with Gasteiger partial charge in [-0.2, -0.15) is 0 Å². The molecule has 1 atom stereocenters. The predicted octanol–water partition coefficient (Wildman–Crippen LogP) is 4.29. The first-order chi connectivity index (χ1) is 10.2. The molecule has 0 aliphatic heterocycles. The van der Waals surface area contributed by atoms with E-state index in [4.69, 9.17) is 0 Å². The standard InChI is InChI=1S/C19H24FN/c1-3-21-19(12-10-16-7-5-4-6-8-16)14-17-13-18(20)11-9-15(17)2/h4-9,11,13,19,21H,3,10,12,14H2,1-2H3. The summed E-state index contributed by atoms with van der Waals surface area (Å²) in [7, 11) is 0. The van der Waals surface area contributed by atoms with Crippen molar-refractivity contribution < 1.29 is 4.39 Å². The summed E-state index contributed by atoms with van der Waals surface area (Å²) in [4.78, 5) is 0. The number of hydrogen-bond acceptors (Lipinski definition) is 1. The lowest BCUT2D eigenvalue weighted by atomic mass is 9.96. The van der Waals surface area contributed by atoms with Gasteiger partial charge in [0.1, 0.15) is 5.82 Å². The van der Waals surface area contributed by atoms with Crippen LogP contribution in [0.3, 0.4) is 0 Å². The Hall–Kier alpha value is -1.67. The minimum atomic E-state index is -0.145. The molecule has 1 unspecified atom stereocenters. The highest BCUT2D eigenvalue weighted by atomic mass is 19.1. The van der Waals surface area contributed by atoms with E-state index in [1.54, 1.807) is 6.07 Å². The van der Waals surface area contributed by atoms with Crippen LogP contribution in [0.25, 0.3) is 0 Å². The maximum atomic E-state index is 13.4. The third kappa shape index (κ3) is 4.98. The molecule has 2 aromatic carbocycles. The van der Waals surface area contributed by atoms with Gasteiger partial charge in [0.25, 0.3) is 0 Å². The molecule has 21 heavy (non-hydrogen) atoms. The van der Waals surface area contributed by atoms with Crippen molar-refractivity contribution in [1.82, 2.24) is 5.32 Å². The normalized spacial score (nSPS) is 12.3. The Kier molecular flexibility index (Phi) is 5.94. The first-order valence-electron chi connectivity index (χ1n) is 7.71. The van der Waals surface area contributed by atoms with Gasteiger partial charge in [-0.25, -0.2) is 4.39 Å². The summed E-state index contributed by atoms with van der Waals surface area (Å²) in [5.74, 6) is -0.145. The zero-order valence-corrected chi connectivity index (χ0v) is 12.9. The fourth-order valence-corrected chi connectivity index (χ4v) is 2.68. The molecule has 0 amide bonds. The fourth-order valence-electron chi connectivity index (χ4n) is 2.68. The van der Waals surface area contributed by atoms with Gasteiger partial charge in [0, 0.05) is 6.04 Å². The van der Waals surface area contributed by atoms with Gasteiger partial charge in [-0.1, -0.05) is 43.3 Å². The molecular weight excluding hydrogens is 261 g/mol. The summed E-state index contributed by atoms with van der Waals surface area (Å²) in [6.07, 6.45) is 2.99. The van der Waals surface area contributed by atoms with E-state index in [9.17, 15) is 4.39 Å². The maximum absolute atomic E-state index is 13.4. The van der Waals surface area contributed by atoms with Gasteiger partial charge < -0.3 is 5.32 Å². The molecule has 0 spiro atoms. The second-order valence-electron chi connectivity index (χ2n) is 5.55. The van der Waals surface area contributed by atoms with Crippen molar-refractivity contribution >= 4 is 0 Å². The molecule has 1 nitrogen and oxygen atoms in total. The van der Waals surface area contributed by atoms with Crippen molar-refractivity contribution in [2.24, 2.45) is 0 Å². The number of aryl methyl sites for hydroxylation is 2. The Bertz CT molecular complexity index is 551. The number of halogens is 1. The first kappa shape index (κ1) is 15.7. The van der Waals surface area contributed by atoms with E-state index in [0.717, 1.165) is 31.4 Å². The highest BCUT2D eigenvalue weighted by molar-refractivity contribution is 5.27. The molecule has 0 aliphatic carbocycles. The Morgan fingerprint density at radius 2 is 1.86 bits per heavy atom. The summed E-state index contributed by atoms with van der Waals surface area (Å²) in [5, 5.41) is 3.53. The Morgan fingerprint density at radius 1 is 1.10 bits per heavy atom. The first-order valence-corrected chi connectivity index (χ1v) is 7.71. The smallest absolute Gasteiger partial charge is 0.123 e. The molecule has 0 bridgehead atoms. The van der Waals surface area contributed by atoms with Crippen molar-refractivity contribution in [3.05, 3.63) is 71.0 Å². The molecular formula is C19H24FN. The van der Waals surface area contributed by atoms with E-state index < -0.39 is 0 Å². The molecule has 0 aromatic heterocycles. The van der Waals surface area contributed by atoms with E-state index in [2.05, 4.69) is 43.4 Å². The van der Waals surface area contributed by atoms with E-state index in [1.807, 2.05) is 12.1 Å². The van der Waals surface area contributed by atoms with Crippen LogP contribution in [0.1, 0.15) is 30.0 Å². The van der Waals surface area contributed by atoms with Crippen molar-refractivity contribution in [2.45, 2.75) is 39.2 Å². The molecule has 0 aliphatic rings. The Balaban J connectivity index is 2.00. The Morgan fingerprint density at radius 3 is 2.57 bits per heavy atom. The van der Waals surface area contributed by atoms with E-state index >= 15 is 0 Å². The van der Waals surface area contributed by atoms with Crippen LogP contribution in [-0.4, -0.2) is 12.6 Å². The number of hydrogen-bond donors (Lipinski definition) is 1. The number of rotatable bonds is 7. The molecule has 1 N–H and O–H groups in total. The minimum Gasteiger partial charge on any atom is -0.314 e. The van der Waals surface area contributed by atoms with Gasteiger partial charge in [-0.3, -0.25) is 0 Å². The Labute approximate surface area is 127 Å². The summed E-state index contributed by atoms with van der Waals surface area (Å²) in [5.41, 5.74) is 3.63. The van der Waals surface area contributed by atoms with Crippen LogP contribution >= 0.6 is 0 Å².